The van der Waals surface area contributed by atoms with Gasteiger partial charge in [0.05, 0.1) is 19.2 Å². The van der Waals surface area contributed by atoms with Crippen LogP contribution in [0.25, 0.3) is 0 Å². The molecule has 3 rings (SSSR count). The molecule has 6 heteroatoms. The second-order valence-corrected chi connectivity index (χ2v) is 7.20. The molecular formula is C22H25FN2O3. The summed E-state index contributed by atoms with van der Waals surface area (Å²) < 4.78 is 18.4. The number of methoxy groups -OCH3 is 1. The average molecular weight is 384 g/mol. The number of nitrogens with zero attached hydrogens (tertiary/aromatic N) is 1. The first-order valence-electron chi connectivity index (χ1n) is 9.36. The van der Waals surface area contributed by atoms with E-state index in [1.165, 1.54) is 19.1 Å². The summed E-state index contributed by atoms with van der Waals surface area (Å²) in [5, 5.41) is 3.06. The maximum Gasteiger partial charge on any atom is 0.217 e. The van der Waals surface area contributed by atoms with Crippen LogP contribution in [0.2, 0.25) is 0 Å². The molecule has 28 heavy (non-hydrogen) atoms. The maximum atomic E-state index is 13.3. The van der Waals surface area contributed by atoms with Gasteiger partial charge in [-0.05, 0) is 54.8 Å². The van der Waals surface area contributed by atoms with Gasteiger partial charge in [-0.2, -0.15) is 0 Å². The molecule has 1 heterocycles. The van der Waals surface area contributed by atoms with E-state index in [-0.39, 0.29) is 17.5 Å². The summed E-state index contributed by atoms with van der Waals surface area (Å²) in [6.45, 7) is 3.15. The van der Waals surface area contributed by atoms with Crippen LogP contribution in [-0.4, -0.2) is 43.3 Å². The van der Waals surface area contributed by atoms with Crippen molar-refractivity contribution in [1.82, 2.24) is 10.2 Å². The lowest BCUT2D eigenvalue weighted by molar-refractivity contribution is -0.121. The summed E-state index contributed by atoms with van der Waals surface area (Å²) in [4.78, 5) is 26.4. The highest BCUT2D eigenvalue weighted by atomic mass is 19.1. The Labute approximate surface area is 164 Å². The van der Waals surface area contributed by atoms with Gasteiger partial charge >= 0.3 is 0 Å². The van der Waals surface area contributed by atoms with Gasteiger partial charge < -0.3 is 10.1 Å². The minimum Gasteiger partial charge on any atom is -0.497 e. The number of piperidine rings is 1. The van der Waals surface area contributed by atoms with Crippen molar-refractivity contribution in [2.24, 2.45) is 0 Å². The predicted octanol–water partition coefficient (Wildman–Crippen LogP) is 3.14. The number of ketones is 1. The molecule has 5 nitrogen and oxygen atoms in total. The van der Waals surface area contributed by atoms with Crippen molar-refractivity contribution < 1.29 is 18.7 Å². The van der Waals surface area contributed by atoms with Gasteiger partial charge in [0.25, 0.3) is 0 Å². The summed E-state index contributed by atoms with van der Waals surface area (Å²) in [5.41, 5.74) is 1.02. The zero-order valence-electron chi connectivity index (χ0n) is 16.2. The van der Waals surface area contributed by atoms with Gasteiger partial charge in [-0.25, -0.2) is 4.39 Å². The highest BCUT2D eigenvalue weighted by Crippen LogP contribution is 2.33. The van der Waals surface area contributed by atoms with E-state index in [1.54, 1.807) is 43.5 Å². The Hall–Kier alpha value is -2.73. The first kappa shape index (κ1) is 20.0. The quantitative estimate of drug-likeness (QED) is 0.778. The molecule has 0 saturated carbocycles. The molecule has 0 radical (unpaired) electrons. The Morgan fingerprint density at radius 2 is 1.68 bits per heavy atom. The molecule has 1 aliphatic rings. The van der Waals surface area contributed by atoms with Gasteiger partial charge in [0.1, 0.15) is 11.6 Å². The van der Waals surface area contributed by atoms with Crippen LogP contribution in [0.1, 0.15) is 35.7 Å². The van der Waals surface area contributed by atoms with Crippen molar-refractivity contribution in [2.45, 2.75) is 25.3 Å². The molecule has 0 bridgehead atoms. The number of nitrogens with one attached hydrogen (secondary N) is 1. The number of likely N-dealkylation sites (tertiary alicyclic amines) is 1. The van der Waals surface area contributed by atoms with E-state index in [0.29, 0.717) is 43.8 Å². The second kappa shape index (κ2) is 8.52. The molecule has 1 saturated heterocycles. The molecule has 2 aromatic rings. The first-order chi connectivity index (χ1) is 13.4. The van der Waals surface area contributed by atoms with E-state index >= 15 is 0 Å². The number of rotatable bonds is 6. The number of Topliss-reactive ketones (excluding diaryl/α,β-unsaturated/α-hetero) is 1. The average Bonchev–Trinajstić information content (AvgIpc) is 2.69. The van der Waals surface area contributed by atoms with Crippen molar-refractivity contribution in [3.05, 3.63) is 65.5 Å². The maximum absolute atomic E-state index is 13.3. The third-order valence-corrected chi connectivity index (χ3v) is 5.30. The largest absolute Gasteiger partial charge is 0.497 e. The minimum absolute atomic E-state index is 0.0523. The molecule has 1 N–H and O–H groups in total. The normalized spacial score (nSPS) is 16.4. The number of carbonyl (C=O) groups excluding carboxylic acids is 2. The van der Waals surface area contributed by atoms with Crippen LogP contribution in [0.3, 0.4) is 0 Å². The summed E-state index contributed by atoms with van der Waals surface area (Å²) in [5.74, 6) is 0.349. The van der Waals surface area contributed by atoms with Crippen LogP contribution < -0.4 is 10.1 Å². The van der Waals surface area contributed by atoms with Crippen LogP contribution >= 0.6 is 0 Å². The molecule has 2 aromatic carbocycles. The number of hydrogen-bond donors (Lipinski definition) is 1. The van der Waals surface area contributed by atoms with E-state index < -0.39 is 5.54 Å². The number of hydrogen-bond acceptors (Lipinski definition) is 4. The molecule has 1 aliphatic heterocycles. The minimum atomic E-state index is -0.529. The van der Waals surface area contributed by atoms with Crippen LogP contribution in [0.15, 0.2) is 48.5 Å². The van der Waals surface area contributed by atoms with Crippen molar-refractivity contribution in [3.63, 3.8) is 0 Å². The van der Waals surface area contributed by atoms with Gasteiger partial charge in [-0.1, -0.05) is 12.1 Å². The molecule has 0 aliphatic carbocycles. The Balaban J connectivity index is 1.67. The molecule has 0 unspecified atom stereocenters. The molecule has 1 fully saturated rings. The van der Waals surface area contributed by atoms with Gasteiger partial charge in [0.15, 0.2) is 5.78 Å². The van der Waals surface area contributed by atoms with Crippen molar-refractivity contribution in [3.8, 4) is 5.75 Å². The third-order valence-electron chi connectivity index (χ3n) is 5.30. The molecule has 0 aromatic heterocycles. The Morgan fingerprint density at radius 1 is 1.07 bits per heavy atom. The molecule has 0 atom stereocenters. The Morgan fingerprint density at radius 3 is 2.21 bits per heavy atom. The van der Waals surface area contributed by atoms with E-state index in [0.717, 1.165) is 5.56 Å². The molecular weight excluding hydrogens is 359 g/mol. The Bertz CT molecular complexity index is 826. The fourth-order valence-electron chi connectivity index (χ4n) is 3.76. The molecule has 0 spiro atoms. The molecule has 1 amide bonds. The first-order valence-corrected chi connectivity index (χ1v) is 9.36. The van der Waals surface area contributed by atoms with Crippen molar-refractivity contribution in [1.29, 1.82) is 0 Å². The van der Waals surface area contributed by atoms with Crippen LogP contribution in [0.4, 0.5) is 4.39 Å². The fraction of sp³-hybridized carbons (Fsp3) is 0.364. The number of benzene rings is 2. The van der Waals surface area contributed by atoms with E-state index in [4.69, 9.17) is 4.74 Å². The topological polar surface area (TPSA) is 58.6 Å². The van der Waals surface area contributed by atoms with Crippen molar-refractivity contribution in [2.75, 3.05) is 26.7 Å². The predicted molar refractivity (Wildman–Crippen MR) is 105 cm³/mol. The van der Waals surface area contributed by atoms with Crippen molar-refractivity contribution >= 4 is 11.7 Å². The van der Waals surface area contributed by atoms with E-state index in [2.05, 4.69) is 10.2 Å². The van der Waals surface area contributed by atoms with Gasteiger partial charge in [-0.15, -0.1) is 0 Å². The van der Waals surface area contributed by atoms with E-state index in [9.17, 15) is 14.0 Å². The number of amides is 1. The lowest BCUT2D eigenvalue weighted by atomic mass is 9.80. The van der Waals surface area contributed by atoms with Crippen LogP contribution in [-0.2, 0) is 10.3 Å². The number of carbonyl (C=O) groups is 2. The van der Waals surface area contributed by atoms with E-state index in [1.807, 2.05) is 0 Å². The van der Waals surface area contributed by atoms with Gasteiger partial charge in [0, 0.05) is 25.6 Å². The highest BCUT2D eigenvalue weighted by molar-refractivity contribution is 5.97. The zero-order chi connectivity index (χ0) is 20.1. The Kier molecular flexibility index (Phi) is 6.09. The van der Waals surface area contributed by atoms with Gasteiger partial charge in [0.2, 0.25) is 5.91 Å². The number of ether oxygens (including phenoxy) is 1. The molecule has 148 valence electrons. The van der Waals surface area contributed by atoms with Gasteiger partial charge in [-0.3, -0.25) is 14.5 Å². The number of halogens is 1. The fourth-order valence-corrected chi connectivity index (χ4v) is 3.76. The lowest BCUT2D eigenvalue weighted by Gasteiger charge is -2.42. The summed E-state index contributed by atoms with van der Waals surface area (Å²) in [7, 11) is 1.59. The monoisotopic (exact) mass is 384 g/mol. The summed E-state index contributed by atoms with van der Waals surface area (Å²) >= 11 is 0. The standard InChI is InChI=1S/C22H25FN2O3/c1-16(26)24-22(18-5-7-19(23)8-6-18)11-13-25(14-12-22)15-21(27)17-3-9-20(28-2)10-4-17/h3-10H,11-15H2,1-2H3,(H,24,26). The van der Waals surface area contributed by atoms with Crippen LogP contribution in [0, 0.1) is 5.82 Å². The smallest absolute Gasteiger partial charge is 0.217 e. The summed E-state index contributed by atoms with van der Waals surface area (Å²) in [6, 6.07) is 13.4. The highest BCUT2D eigenvalue weighted by Gasteiger charge is 2.37. The third kappa shape index (κ3) is 4.57. The van der Waals surface area contributed by atoms with Crippen LogP contribution in [0.5, 0.6) is 5.75 Å². The summed E-state index contributed by atoms with van der Waals surface area (Å²) in [6.07, 6.45) is 1.32. The second-order valence-electron chi connectivity index (χ2n) is 7.20. The SMILES string of the molecule is COc1ccc(C(=O)CN2CCC(NC(C)=O)(c3ccc(F)cc3)CC2)cc1. The lowest BCUT2D eigenvalue weighted by Crippen LogP contribution is -2.53. The zero-order valence-corrected chi connectivity index (χ0v) is 16.2.